The number of oxime groups is 1. The van der Waals surface area contributed by atoms with Crippen molar-refractivity contribution in [3.05, 3.63) is 83.3 Å². The van der Waals surface area contributed by atoms with Gasteiger partial charge in [0.1, 0.15) is 0 Å². The van der Waals surface area contributed by atoms with Crippen LogP contribution in [0.15, 0.2) is 77.3 Å². The summed E-state index contributed by atoms with van der Waals surface area (Å²) >= 11 is 0. The van der Waals surface area contributed by atoms with Crippen molar-refractivity contribution in [3.63, 3.8) is 0 Å². The van der Waals surface area contributed by atoms with Crippen LogP contribution in [0.5, 0.6) is 0 Å². The Bertz CT molecular complexity index is 766. The van der Waals surface area contributed by atoms with Crippen LogP contribution >= 0.6 is 0 Å². The van der Waals surface area contributed by atoms with Crippen LogP contribution in [0.1, 0.15) is 18.1 Å². The van der Waals surface area contributed by atoms with E-state index >= 15 is 0 Å². The van der Waals surface area contributed by atoms with Crippen LogP contribution < -0.4 is 0 Å². The first-order chi connectivity index (χ1) is 11.8. The van der Waals surface area contributed by atoms with Crippen LogP contribution in [-0.4, -0.2) is 18.5 Å². The van der Waals surface area contributed by atoms with Crippen molar-refractivity contribution < 1.29 is 19.1 Å². The fourth-order valence-electron chi connectivity index (χ4n) is 2.26. The molecule has 2 aromatic rings. The van der Waals surface area contributed by atoms with Crippen molar-refractivity contribution >= 4 is 11.9 Å². The standard InChI is InChI=1S/C19H17NO4/c1-2-22-19(21)17-16(13-14-9-5-3-6-10-14)23-18(20-24-17)15-11-7-4-8-12-15/h3-12H,2,13H2,1H3. The Morgan fingerprint density at radius 2 is 1.71 bits per heavy atom. The van der Waals surface area contributed by atoms with Crippen LogP contribution in [0.25, 0.3) is 0 Å². The van der Waals surface area contributed by atoms with Gasteiger partial charge in [-0.2, -0.15) is 0 Å². The Morgan fingerprint density at radius 3 is 2.38 bits per heavy atom. The molecule has 122 valence electrons. The highest BCUT2D eigenvalue weighted by Crippen LogP contribution is 2.23. The molecule has 1 heterocycles. The molecule has 0 aromatic heterocycles. The van der Waals surface area contributed by atoms with Gasteiger partial charge in [-0.25, -0.2) is 4.79 Å². The van der Waals surface area contributed by atoms with Gasteiger partial charge in [-0.05, 0) is 29.8 Å². The fourth-order valence-corrected chi connectivity index (χ4v) is 2.26. The number of esters is 1. The highest BCUT2D eigenvalue weighted by Gasteiger charge is 2.27. The smallest absolute Gasteiger partial charge is 0.380 e. The summed E-state index contributed by atoms with van der Waals surface area (Å²) in [6.45, 7) is 1.98. The topological polar surface area (TPSA) is 57.1 Å². The van der Waals surface area contributed by atoms with E-state index in [0.717, 1.165) is 11.1 Å². The Labute approximate surface area is 140 Å². The molecule has 2 aromatic carbocycles. The van der Waals surface area contributed by atoms with Gasteiger partial charge in [-0.15, -0.1) is 0 Å². The molecule has 0 saturated heterocycles. The van der Waals surface area contributed by atoms with Gasteiger partial charge in [0.2, 0.25) is 0 Å². The highest BCUT2D eigenvalue weighted by molar-refractivity contribution is 5.96. The van der Waals surface area contributed by atoms with Crippen LogP contribution in [0, 0.1) is 0 Å². The third-order valence-electron chi connectivity index (χ3n) is 3.38. The van der Waals surface area contributed by atoms with Gasteiger partial charge < -0.3 is 14.3 Å². The predicted octanol–water partition coefficient (Wildman–Crippen LogP) is 3.41. The number of carbonyl (C=O) groups is 1. The van der Waals surface area contributed by atoms with Gasteiger partial charge in [-0.1, -0.05) is 48.5 Å². The third kappa shape index (κ3) is 3.63. The maximum Gasteiger partial charge on any atom is 0.380 e. The molecule has 1 aliphatic rings. The normalized spacial score (nSPS) is 13.6. The van der Waals surface area contributed by atoms with E-state index in [1.807, 2.05) is 60.7 Å². The summed E-state index contributed by atoms with van der Waals surface area (Å²) in [4.78, 5) is 17.4. The summed E-state index contributed by atoms with van der Waals surface area (Å²) in [6.07, 6.45) is 0.404. The van der Waals surface area contributed by atoms with Crippen molar-refractivity contribution in [2.45, 2.75) is 13.3 Å². The van der Waals surface area contributed by atoms with Gasteiger partial charge in [0.25, 0.3) is 11.7 Å². The summed E-state index contributed by atoms with van der Waals surface area (Å²) in [5.41, 5.74) is 1.76. The lowest BCUT2D eigenvalue weighted by atomic mass is 10.1. The molecule has 0 N–H and O–H groups in total. The number of ether oxygens (including phenoxy) is 2. The lowest BCUT2D eigenvalue weighted by Gasteiger charge is -2.19. The molecule has 1 aliphatic heterocycles. The highest BCUT2D eigenvalue weighted by atomic mass is 16.7. The first kappa shape index (κ1) is 15.8. The lowest BCUT2D eigenvalue weighted by Crippen LogP contribution is -2.21. The first-order valence-corrected chi connectivity index (χ1v) is 7.70. The number of benzene rings is 2. The van der Waals surface area contributed by atoms with Gasteiger partial charge in [0.15, 0.2) is 5.76 Å². The monoisotopic (exact) mass is 323 g/mol. The number of rotatable bonds is 5. The maximum absolute atomic E-state index is 12.1. The summed E-state index contributed by atoms with van der Waals surface area (Å²) in [6, 6.07) is 19.1. The van der Waals surface area contributed by atoms with E-state index in [0.29, 0.717) is 18.1 Å². The van der Waals surface area contributed by atoms with Crippen molar-refractivity contribution in [2.75, 3.05) is 6.61 Å². The summed E-state index contributed by atoms with van der Waals surface area (Å²) in [5.74, 6) is 0.0998. The van der Waals surface area contributed by atoms with Crippen LogP contribution in [0.3, 0.4) is 0 Å². The number of allylic oxidation sites excluding steroid dienone is 1. The van der Waals surface area contributed by atoms with Crippen molar-refractivity contribution in [1.29, 1.82) is 0 Å². The summed E-state index contributed by atoms with van der Waals surface area (Å²) in [7, 11) is 0. The Kier molecular flexibility index (Phi) is 4.91. The minimum atomic E-state index is -0.584. The van der Waals surface area contributed by atoms with E-state index in [1.165, 1.54) is 0 Å². The van der Waals surface area contributed by atoms with Gasteiger partial charge in [-0.3, -0.25) is 0 Å². The zero-order chi connectivity index (χ0) is 16.8. The number of nitrogens with zero attached hydrogens (tertiary/aromatic N) is 1. The number of hydrogen-bond acceptors (Lipinski definition) is 5. The molecular formula is C19H17NO4. The minimum Gasteiger partial charge on any atom is -0.460 e. The maximum atomic E-state index is 12.1. The first-order valence-electron chi connectivity index (χ1n) is 7.70. The molecule has 5 heteroatoms. The molecule has 5 nitrogen and oxygen atoms in total. The summed E-state index contributed by atoms with van der Waals surface area (Å²) < 4.78 is 10.9. The number of hydrogen-bond donors (Lipinski definition) is 0. The minimum absolute atomic E-state index is 0.0135. The molecule has 0 atom stereocenters. The van der Waals surface area contributed by atoms with E-state index in [-0.39, 0.29) is 12.4 Å². The quantitative estimate of drug-likeness (QED) is 0.791. The molecule has 0 radical (unpaired) electrons. The molecule has 0 spiro atoms. The average Bonchev–Trinajstić information content (AvgIpc) is 2.63. The van der Waals surface area contributed by atoms with Gasteiger partial charge in [0.05, 0.1) is 6.61 Å². The van der Waals surface area contributed by atoms with Crippen LogP contribution in [-0.2, 0) is 25.5 Å². The molecule has 0 fully saturated rings. The molecule has 0 saturated carbocycles. The zero-order valence-corrected chi connectivity index (χ0v) is 13.3. The second-order valence-electron chi connectivity index (χ2n) is 5.09. The van der Waals surface area contributed by atoms with E-state index < -0.39 is 5.97 Å². The molecular weight excluding hydrogens is 306 g/mol. The van der Waals surface area contributed by atoms with E-state index in [9.17, 15) is 4.79 Å². The van der Waals surface area contributed by atoms with Crippen molar-refractivity contribution in [3.8, 4) is 0 Å². The van der Waals surface area contributed by atoms with Crippen molar-refractivity contribution in [2.24, 2.45) is 5.16 Å². The molecule has 0 amide bonds. The Morgan fingerprint density at radius 1 is 1.04 bits per heavy atom. The van der Waals surface area contributed by atoms with Gasteiger partial charge >= 0.3 is 5.97 Å². The average molecular weight is 323 g/mol. The van der Waals surface area contributed by atoms with Crippen LogP contribution in [0.2, 0.25) is 0 Å². The van der Waals surface area contributed by atoms with Crippen LogP contribution in [0.4, 0.5) is 0 Å². The Balaban J connectivity index is 1.88. The van der Waals surface area contributed by atoms with Crippen molar-refractivity contribution in [1.82, 2.24) is 0 Å². The molecule has 24 heavy (non-hydrogen) atoms. The molecule has 0 bridgehead atoms. The van der Waals surface area contributed by atoms with E-state index in [4.69, 9.17) is 14.3 Å². The molecule has 0 aliphatic carbocycles. The lowest BCUT2D eigenvalue weighted by molar-refractivity contribution is -0.143. The molecule has 3 rings (SSSR count). The zero-order valence-electron chi connectivity index (χ0n) is 13.3. The largest absolute Gasteiger partial charge is 0.460 e. The van der Waals surface area contributed by atoms with Gasteiger partial charge in [0, 0.05) is 12.0 Å². The molecule has 0 unspecified atom stereocenters. The van der Waals surface area contributed by atoms with E-state index in [2.05, 4.69) is 5.16 Å². The predicted molar refractivity (Wildman–Crippen MR) is 89.0 cm³/mol. The second-order valence-corrected chi connectivity index (χ2v) is 5.09. The van der Waals surface area contributed by atoms with E-state index in [1.54, 1.807) is 6.92 Å². The SMILES string of the molecule is CCOC(=O)C1=C(Cc2ccccc2)OC(c2ccccc2)=NO1. The second kappa shape index (κ2) is 7.46. The Hall–Kier alpha value is -3.08. The number of carbonyl (C=O) groups excluding carboxylic acids is 1. The summed E-state index contributed by atoms with van der Waals surface area (Å²) in [5, 5.41) is 3.91. The fraction of sp³-hybridized carbons (Fsp3) is 0.158. The third-order valence-corrected chi connectivity index (χ3v) is 3.38.